The summed E-state index contributed by atoms with van der Waals surface area (Å²) in [6.45, 7) is -0.225. The van der Waals surface area contributed by atoms with Crippen LogP contribution in [-0.4, -0.2) is 42.6 Å². The Labute approximate surface area is 165 Å². The Kier molecular flexibility index (Phi) is 6.46. The molecule has 1 aliphatic rings. The molecule has 1 saturated heterocycles. The number of rotatable bonds is 6. The number of carbonyl (C=O) groups is 2. The van der Waals surface area contributed by atoms with E-state index in [1.165, 1.54) is 18.4 Å². The summed E-state index contributed by atoms with van der Waals surface area (Å²) in [4.78, 5) is 26.5. The van der Waals surface area contributed by atoms with Gasteiger partial charge in [-0.2, -0.15) is 13.2 Å². The van der Waals surface area contributed by atoms with Gasteiger partial charge in [0.2, 0.25) is 5.91 Å². The highest BCUT2D eigenvalue weighted by Gasteiger charge is 2.30. The molecule has 1 aromatic heterocycles. The van der Waals surface area contributed by atoms with Crippen LogP contribution in [0, 0.1) is 5.92 Å². The first-order chi connectivity index (χ1) is 13.8. The highest BCUT2D eigenvalue weighted by molar-refractivity contribution is 5.92. The van der Waals surface area contributed by atoms with Gasteiger partial charge in [-0.25, -0.2) is 0 Å². The van der Waals surface area contributed by atoms with E-state index in [9.17, 15) is 22.8 Å². The number of hydrogen-bond acceptors (Lipinski definition) is 4. The summed E-state index contributed by atoms with van der Waals surface area (Å²) in [5.41, 5.74) is 0.733. The van der Waals surface area contributed by atoms with Gasteiger partial charge >= 0.3 is 6.18 Å². The fourth-order valence-corrected chi connectivity index (χ4v) is 3.13. The van der Waals surface area contributed by atoms with Gasteiger partial charge in [0.25, 0.3) is 5.91 Å². The second-order valence-electron chi connectivity index (χ2n) is 6.83. The van der Waals surface area contributed by atoms with Crippen LogP contribution in [0.15, 0.2) is 47.1 Å². The molecule has 1 aliphatic heterocycles. The maximum absolute atomic E-state index is 12.5. The maximum Gasteiger partial charge on any atom is 0.422 e. The van der Waals surface area contributed by atoms with E-state index in [0.717, 1.165) is 12.0 Å². The minimum atomic E-state index is -4.39. The monoisotopic (exact) mass is 410 g/mol. The minimum Gasteiger partial charge on any atom is -0.484 e. The van der Waals surface area contributed by atoms with Crippen LogP contribution in [0.2, 0.25) is 0 Å². The van der Waals surface area contributed by atoms with Crippen molar-refractivity contribution in [2.24, 2.45) is 5.92 Å². The van der Waals surface area contributed by atoms with Crippen molar-refractivity contribution in [1.29, 1.82) is 0 Å². The van der Waals surface area contributed by atoms with Gasteiger partial charge in [-0.3, -0.25) is 9.59 Å². The molecule has 3 rings (SSSR count). The lowest BCUT2D eigenvalue weighted by atomic mass is 9.96. The SMILES string of the molecule is O=C(NCc1ccc(OCC(F)(F)F)cc1)C1CCCN(C(=O)c2ccco2)C1. The first-order valence-electron chi connectivity index (χ1n) is 9.21. The molecule has 2 aromatic rings. The molecule has 0 bridgehead atoms. The number of amides is 2. The molecule has 29 heavy (non-hydrogen) atoms. The second kappa shape index (κ2) is 9.02. The number of ether oxygens (including phenoxy) is 1. The zero-order valence-electron chi connectivity index (χ0n) is 15.6. The third kappa shape index (κ3) is 6.00. The summed E-state index contributed by atoms with van der Waals surface area (Å²) in [7, 11) is 0. The lowest BCUT2D eigenvalue weighted by Gasteiger charge is -2.31. The van der Waals surface area contributed by atoms with E-state index in [1.807, 2.05) is 0 Å². The molecule has 1 atom stereocenters. The Morgan fingerprint density at radius 2 is 1.97 bits per heavy atom. The van der Waals surface area contributed by atoms with E-state index < -0.39 is 12.8 Å². The number of nitrogens with zero attached hydrogens (tertiary/aromatic N) is 1. The Bertz CT molecular complexity index is 819. The first kappa shape index (κ1) is 20.8. The van der Waals surface area contributed by atoms with Gasteiger partial charge in [-0.05, 0) is 42.7 Å². The smallest absolute Gasteiger partial charge is 0.422 e. The molecular weight excluding hydrogens is 389 g/mol. The molecule has 0 aliphatic carbocycles. The van der Waals surface area contributed by atoms with Gasteiger partial charge in [-0.15, -0.1) is 0 Å². The third-order valence-electron chi connectivity index (χ3n) is 4.60. The van der Waals surface area contributed by atoms with Gasteiger partial charge in [0.1, 0.15) is 5.75 Å². The number of piperidine rings is 1. The van der Waals surface area contributed by atoms with Crippen molar-refractivity contribution in [1.82, 2.24) is 10.2 Å². The molecule has 1 fully saturated rings. The molecule has 2 amide bonds. The van der Waals surface area contributed by atoms with Crippen LogP contribution >= 0.6 is 0 Å². The average molecular weight is 410 g/mol. The zero-order valence-corrected chi connectivity index (χ0v) is 15.6. The van der Waals surface area contributed by atoms with Crippen molar-refractivity contribution >= 4 is 11.8 Å². The molecule has 6 nitrogen and oxygen atoms in total. The van der Waals surface area contributed by atoms with Crippen LogP contribution in [0.1, 0.15) is 29.0 Å². The molecule has 0 spiro atoms. The molecule has 156 valence electrons. The molecule has 1 N–H and O–H groups in total. The number of likely N-dealkylation sites (tertiary alicyclic amines) is 1. The fraction of sp³-hybridized carbons (Fsp3) is 0.400. The number of benzene rings is 1. The predicted molar refractivity (Wildman–Crippen MR) is 97.2 cm³/mol. The Hall–Kier alpha value is -2.97. The van der Waals surface area contributed by atoms with Crippen molar-refractivity contribution in [3.05, 3.63) is 54.0 Å². The van der Waals surface area contributed by atoms with Gasteiger partial charge < -0.3 is 19.4 Å². The van der Waals surface area contributed by atoms with E-state index in [1.54, 1.807) is 29.2 Å². The molecule has 0 radical (unpaired) electrons. The zero-order chi connectivity index (χ0) is 20.9. The summed E-state index contributed by atoms with van der Waals surface area (Å²) in [5.74, 6) is -0.367. The number of nitrogens with one attached hydrogen (secondary N) is 1. The van der Waals surface area contributed by atoms with Crippen molar-refractivity contribution in [3.63, 3.8) is 0 Å². The number of hydrogen-bond donors (Lipinski definition) is 1. The minimum absolute atomic E-state index is 0.108. The highest BCUT2D eigenvalue weighted by atomic mass is 19.4. The molecule has 2 heterocycles. The molecule has 0 saturated carbocycles. The van der Waals surface area contributed by atoms with Crippen LogP contribution in [-0.2, 0) is 11.3 Å². The average Bonchev–Trinajstić information content (AvgIpc) is 3.25. The number of alkyl halides is 3. The highest BCUT2D eigenvalue weighted by Crippen LogP contribution is 2.21. The van der Waals surface area contributed by atoms with E-state index >= 15 is 0 Å². The normalized spacial score (nSPS) is 17.1. The van der Waals surface area contributed by atoms with Crippen molar-refractivity contribution < 1.29 is 31.9 Å². The summed E-state index contributed by atoms with van der Waals surface area (Å²) >= 11 is 0. The van der Waals surface area contributed by atoms with E-state index in [-0.39, 0.29) is 35.8 Å². The quantitative estimate of drug-likeness (QED) is 0.793. The Morgan fingerprint density at radius 1 is 1.21 bits per heavy atom. The van der Waals surface area contributed by atoms with Gasteiger partial charge in [0, 0.05) is 19.6 Å². The predicted octanol–water partition coefficient (Wildman–Crippen LogP) is 3.39. The van der Waals surface area contributed by atoms with Crippen LogP contribution in [0.3, 0.4) is 0 Å². The Morgan fingerprint density at radius 3 is 2.62 bits per heavy atom. The number of carbonyl (C=O) groups excluding carboxylic acids is 2. The van der Waals surface area contributed by atoms with Crippen LogP contribution in [0.25, 0.3) is 0 Å². The van der Waals surface area contributed by atoms with E-state index in [2.05, 4.69) is 10.1 Å². The standard InChI is InChI=1S/C20H21F3N2O4/c21-20(22,23)13-29-16-7-5-14(6-8-16)11-24-18(26)15-3-1-9-25(12-15)19(27)17-4-2-10-28-17/h2,4-8,10,15H,1,3,9,11-13H2,(H,24,26). The third-order valence-corrected chi connectivity index (χ3v) is 4.60. The van der Waals surface area contributed by atoms with E-state index in [0.29, 0.717) is 19.5 Å². The van der Waals surface area contributed by atoms with Crippen molar-refractivity contribution in [2.45, 2.75) is 25.6 Å². The summed E-state index contributed by atoms with van der Waals surface area (Å²) in [6.07, 6.45) is -1.56. The molecule has 1 aromatic carbocycles. The number of halogens is 3. The molecule has 1 unspecified atom stereocenters. The Balaban J connectivity index is 1.48. The van der Waals surface area contributed by atoms with E-state index in [4.69, 9.17) is 4.42 Å². The summed E-state index contributed by atoms with van der Waals surface area (Å²) in [6, 6.07) is 9.28. The van der Waals surface area contributed by atoms with Crippen molar-refractivity contribution in [2.75, 3.05) is 19.7 Å². The molecular formula is C20H21F3N2O4. The summed E-state index contributed by atoms with van der Waals surface area (Å²) in [5, 5.41) is 2.82. The number of furan rings is 1. The second-order valence-corrected chi connectivity index (χ2v) is 6.83. The fourth-order valence-electron chi connectivity index (χ4n) is 3.13. The largest absolute Gasteiger partial charge is 0.484 e. The van der Waals surface area contributed by atoms with Gasteiger partial charge in [-0.1, -0.05) is 12.1 Å². The van der Waals surface area contributed by atoms with Crippen molar-refractivity contribution in [3.8, 4) is 5.75 Å². The lowest BCUT2D eigenvalue weighted by molar-refractivity contribution is -0.153. The van der Waals surface area contributed by atoms with Gasteiger partial charge in [0.05, 0.1) is 12.2 Å². The lowest BCUT2D eigenvalue weighted by Crippen LogP contribution is -2.45. The van der Waals surface area contributed by atoms with Crippen LogP contribution in [0.5, 0.6) is 5.75 Å². The van der Waals surface area contributed by atoms with Crippen LogP contribution < -0.4 is 10.1 Å². The summed E-state index contributed by atoms with van der Waals surface area (Å²) < 4.78 is 46.3. The van der Waals surface area contributed by atoms with Crippen LogP contribution in [0.4, 0.5) is 13.2 Å². The van der Waals surface area contributed by atoms with Gasteiger partial charge in [0.15, 0.2) is 12.4 Å². The first-order valence-corrected chi connectivity index (χ1v) is 9.21. The molecule has 9 heteroatoms. The topological polar surface area (TPSA) is 71.8 Å². The maximum atomic E-state index is 12.5.